The Hall–Kier alpha value is -4.53. The normalized spacial score (nSPS) is 14.7. The Balaban J connectivity index is 1.46. The largest absolute Gasteiger partial charge is 0.489 e. The molecule has 6 rings (SSSR count). The molecule has 1 aliphatic rings. The van der Waals surface area contributed by atoms with Gasteiger partial charge in [-0.2, -0.15) is 0 Å². The molecule has 214 valence electrons. The van der Waals surface area contributed by atoms with Crippen LogP contribution in [-0.4, -0.2) is 17.1 Å². The maximum atomic E-state index is 14.1. The van der Waals surface area contributed by atoms with Crippen LogP contribution >= 0.6 is 27.3 Å². The van der Waals surface area contributed by atoms with E-state index in [4.69, 9.17) is 14.5 Å². The Kier molecular flexibility index (Phi) is 8.49. The van der Waals surface area contributed by atoms with Crippen LogP contribution in [0.4, 0.5) is 0 Å². The van der Waals surface area contributed by atoms with Crippen molar-refractivity contribution in [3.8, 4) is 5.75 Å². The van der Waals surface area contributed by atoms with Crippen molar-refractivity contribution in [3.05, 3.63) is 161 Å². The van der Waals surface area contributed by atoms with Gasteiger partial charge in [0.15, 0.2) is 4.80 Å². The van der Waals surface area contributed by atoms with E-state index in [2.05, 4.69) is 15.9 Å². The first-order valence-electron chi connectivity index (χ1n) is 13.8. The summed E-state index contributed by atoms with van der Waals surface area (Å²) < 4.78 is 14.7. The van der Waals surface area contributed by atoms with Crippen LogP contribution in [0.2, 0.25) is 0 Å². The van der Waals surface area contributed by atoms with Gasteiger partial charge in [0, 0.05) is 10.0 Å². The summed E-state index contributed by atoms with van der Waals surface area (Å²) in [6.07, 6.45) is 1.84. The molecule has 0 radical (unpaired) electrons. The zero-order valence-corrected chi connectivity index (χ0v) is 25.7. The Morgan fingerprint density at radius 2 is 1.67 bits per heavy atom. The molecule has 0 bridgehead atoms. The van der Waals surface area contributed by atoms with Gasteiger partial charge in [-0.3, -0.25) is 9.36 Å². The molecule has 8 heteroatoms. The molecular formula is C35H27BrN2O4S. The third-order valence-corrected chi connectivity index (χ3v) is 8.48. The third kappa shape index (κ3) is 6.16. The molecule has 0 saturated heterocycles. The molecule has 0 aliphatic carbocycles. The quantitative estimate of drug-likeness (QED) is 0.186. The number of hydrogen-bond acceptors (Lipinski definition) is 6. The van der Waals surface area contributed by atoms with Gasteiger partial charge in [0.1, 0.15) is 12.4 Å². The molecule has 0 fully saturated rings. The highest BCUT2D eigenvalue weighted by atomic mass is 79.9. The number of carbonyl (C=O) groups is 1. The number of hydrogen-bond donors (Lipinski definition) is 0. The van der Waals surface area contributed by atoms with E-state index in [-0.39, 0.29) is 12.2 Å². The first-order chi connectivity index (χ1) is 21.0. The maximum absolute atomic E-state index is 14.1. The van der Waals surface area contributed by atoms with Gasteiger partial charge in [-0.25, -0.2) is 9.79 Å². The first kappa shape index (κ1) is 28.6. The second-order valence-electron chi connectivity index (χ2n) is 9.83. The molecule has 2 heterocycles. The summed E-state index contributed by atoms with van der Waals surface area (Å²) in [6, 6.07) is 34.0. The minimum Gasteiger partial charge on any atom is -0.489 e. The lowest BCUT2D eigenvalue weighted by atomic mass is 9.93. The van der Waals surface area contributed by atoms with Gasteiger partial charge >= 0.3 is 5.97 Å². The second kappa shape index (κ2) is 12.8. The number of halogens is 1. The van der Waals surface area contributed by atoms with E-state index < -0.39 is 12.0 Å². The van der Waals surface area contributed by atoms with Gasteiger partial charge in [-0.15, -0.1) is 0 Å². The average molecular weight is 652 g/mol. The number of benzene rings is 4. The lowest BCUT2D eigenvalue weighted by Gasteiger charge is -2.25. The molecule has 0 unspecified atom stereocenters. The zero-order valence-electron chi connectivity index (χ0n) is 23.3. The van der Waals surface area contributed by atoms with E-state index in [1.54, 1.807) is 11.5 Å². The van der Waals surface area contributed by atoms with E-state index in [1.807, 2.05) is 115 Å². The molecule has 4 aromatic carbocycles. The van der Waals surface area contributed by atoms with Crippen LogP contribution in [0.25, 0.3) is 11.8 Å². The van der Waals surface area contributed by atoms with Crippen LogP contribution in [0.15, 0.2) is 129 Å². The van der Waals surface area contributed by atoms with E-state index >= 15 is 0 Å². The van der Waals surface area contributed by atoms with E-state index in [1.165, 1.54) is 11.3 Å². The molecule has 0 spiro atoms. The van der Waals surface area contributed by atoms with E-state index in [0.29, 0.717) is 33.0 Å². The van der Waals surface area contributed by atoms with Crippen molar-refractivity contribution in [2.45, 2.75) is 19.6 Å². The SMILES string of the molecule is CCOC(=O)C1=C(c2ccccc2)N=c2s/c(=C\c3cccc(OCc4ccc(Br)cc4)c3)c(=O)n2[C@@H]1c1ccccc1. The van der Waals surface area contributed by atoms with E-state index in [0.717, 1.165) is 26.7 Å². The number of carbonyl (C=O) groups excluding carboxylic acids is 1. The predicted octanol–water partition coefficient (Wildman–Crippen LogP) is 6.28. The number of esters is 1. The van der Waals surface area contributed by atoms with Crippen molar-refractivity contribution in [2.75, 3.05) is 6.61 Å². The molecule has 1 atom stereocenters. The lowest BCUT2D eigenvalue weighted by molar-refractivity contribution is -0.138. The number of aromatic nitrogens is 1. The van der Waals surface area contributed by atoms with Gasteiger partial charge in [0.2, 0.25) is 0 Å². The van der Waals surface area contributed by atoms with Gasteiger partial charge in [0.05, 0.1) is 28.5 Å². The monoisotopic (exact) mass is 650 g/mol. The van der Waals surface area contributed by atoms with Crippen LogP contribution in [0.5, 0.6) is 5.75 Å². The number of ether oxygens (including phenoxy) is 2. The van der Waals surface area contributed by atoms with Gasteiger partial charge in [-0.05, 0) is 54.0 Å². The number of fused-ring (bicyclic) bond motifs is 1. The molecule has 6 nitrogen and oxygen atoms in total. The van der Waals surface area contributed by atoms with Crippen LogP contribution in [0.1, 0.15) is 35.2 Å². The molecular weight excluding hydrogens is 624 g/mol. The molecule has 0 N–H and O–H groups in total. The number of rotatable bonds is 8. The Morgan fingerprint density at radius 1 is 0.953 bits per heavy atom. The maximum Gasteiger partial charge on any atom is 0.338 e. The highest BCUT2D eigenvalue weighted by Crippen LogP contribution is 2.35. The standard InChI is InChI=1S/C35H27BrN2O4S/c1-2-41-34(40)30-31(25-11-5-3-6-12-25)37-35-38(32(30)26-13-7-4-8-14-26)33(39)29(43-35)21-24-10-9-15-28(20-24)42-22-23-16-18-27(36)19-17-23/h3-21,32H,2,22H2,1H3/b29-21-/t32-/m1/s1. The van der Waals surface area contributed by atoms with Crippen LogP contribution in [-0.2, 0) is 16.1 Å². The van der Waals surface area contributed by atoms with Crippen molar-refractivity contribution in [2.24, 2.45) is 4.99 Å². The molecule has 0 amide bonds. The van der Waals surface area contributed by atoms with Gasteiger partial charge in [0.25, 0.3) is 5.56 Å². The predicted molar refractivity (Wildman–Crippen MR) is 172 cm³/mol. The summed E-state index contributed by atoms with van der Waals surface area (Å²) in [5.41, 5.74) is 4.06. The smallest absolute Gasteiger partial charge is 0.338 e. The van der Waals surface area contributed by atoms with Crippen LogP contribution < -0.4 is 19.6 Å². The first-order valence-corrected chi connectivity index (χ1v) is 15.4. The fraction of sp³-hybridized carbons (Fsp3) is 0.114. The summed E-state index contributed by atoms with van der Waals surface area (Å²) in [7, 11) is 0. The second-order valence-corrected chi connectivity index (χ2v) is 11.8. The van der Waals surface area contributed by atoms with Crippen molar-refractivity contribution in [1.82, 2.24) is 4.57 Å². The van der Waals surface area contributed by atoms with Gasteiger partial charge < -0.3 is 9.47 Å². The lowest BCUT2D eigenvalue weighted by Crippen LogP contribution is -2.39. The highest BCUT2D eigenvalue weighted by molar-refractivity contribution is 9.10. The van der Waals surface area contributed by atoms with Crippen molar-refractivity contribution in [1.29, 1.82) is 0 Å². The highest BCUT2D eigenvalue weighted by Gasteiger charge is 2.35. The Morgan fingerprint density at radius 3 is 2.40 bits per heavy atom. The topological polar surface area (TPSA) is 69.9 Å². The molecule has 43 heavy (non-hydrogen) atoms. The summed E-state index contributed by atoms with van der Waals surface area (Å²) >= 11 is 4.75. The summed E-state index contributed by atoms with van der Waals surface area (Å²) in [5.74, 6) is 0.200. The van der Waals surface area contributed by atoms with E-state index in [9.17, 15) is 9.59 Å². The number of thiazole rings is 1. The molecule has 0 saturated carbocycles. The Labute approximate surface area is 261 Å². The summed E-state index contributed by atoms with van der Waals surface area (Å²) in [4.78, 5) is 33.0. The van der Waals surface area contributed by atoms with Crippen LogP contribution in [0, 0.1) is 0 Å². The molecule has 5 aromatic rings. The Bertz CT molecular complexity index is 1980. The third-order valence-electron chi connectivity index (χ3n) is 6.96. The van der Waals surface area contributed by atoms with Crippen molar-refractivity contribution in [3.63, 3.8) is 0 Å². The minimum absolute atomic E-state index is 0.205. The zero-order chi connectivity index (χ0) is 29.8. The summed E-state index contributed by atoms with van der Waals surface area (Å²) in [5, 5.41) is 0. The summed E-state index contributed by atoms with van der Waals surface area (Å²) in [6.45, 7) is 2.40. The van der Waals surface area contributed by atoms with Crippen molar-refractivity contribution >= 4 is 45.0 Å². The van der Waals surface area contributed by atoms with Crippen LogP contribution in [0.3, 0.4) is 0 Å². The minimum atomic E-state index is -0.700. The number of nitrogens with zero attached hydrogens (tertiary/aromatic N) is 2. The van der Waals surface area contributed by atoms with Crippen molar-refractivity contribution < 1.29 is 14.3 Å². The molecule has 1 aromatic heterocycles. The fourth-order valence-corrected chi connectivity index (χ4v) is 6.25. The fourth-order valence-electron chi connectivity index (χ4n) is 4.98. The molecule has 1 aliphatic heterocycles. The van der Waals surface area contributed by atoms with Gasteiger partial charge in [-0.1, -0.05) is 112 Å². The average Bonchev–Trinajstić information content (AvgIpc) is 3.35.